The maximum atomic E-state index is 3.88. The highest BCUT2D eigenvalue weighted by Crippen LogP contribution is 2.31. The van der Waals surface area contributed by atoms with Crippen LogP contribution in [0.1, 0.15) is 40.9 Å². The fourth-order valence-electron chi connectivity index (χ4n) is 2.42. The maximum absolute atomic E-state index is 3.88. The Morgan fingerprint density at radius 3 is 2.15 bits per heavy atom. The van der Waals surface area contributed by atoms with Gasteiger partial charge < -0.3 is 0 Å². The maximum Gasteiger partial charge on any atom is 0.0438 e. The van der Waals surface area contributed by atoms with Gasteiger partial charge in [0.2, 0.25) is 0 Å². The predicted molar refractivity (Wildman–Crippen MR) is 94.7 cm³/mol. The number of hydrogen-bond acceptors (Lipinski definition) is 0. The molecular weight excluding hydrogens is 376 g/mol. The van der Waals surface area contributed by atoms with E-state index in [-0.39, 0.29) is 0 Å². The van der Waals surface area contributed by atoms with E-state index in [9.17, 15) is 0 Å². The Morgan fingerprint density at radius 2 is 1.55 bits per heavy atom. The molecular formula is C18H20Br2. The highest BCUT2D eigenvalue weighted by Gasteiger charge is 2.13. The molecule has 1 atom stereocenters. The highest BCUT2D eigenvalue weighted by molar-refractivity contribution is 9.10. The fourth-order valence-corrected chi connectivity index (χ4v) is 3.48. The molecule has 0 aliphatic carbocycles. The van der Waals surface area contributed by atoms with Crippen molar-refractivity contribution in [2.45, 2.75) is 37.9 Å². The Morgan fingerprint density at radius 1 is 0.900 bits per heavy atom. The number of benzene rings is 2. The van der Waals surface area contributed by atoms with E-state index in [0.717, 1.165) is 23.7 Å². The number of halogens is 2. The summed E-state index contributed by atoms with van der Waals surface area (Å²) in [6.07, 6.45) is 3.20. The van der Waals surface area contributed by atoms with Gasteiger partial charge in [-0.1, -0.05) is 76.0 Å². The summed E-state index contributed by atoms with van der Waals surface area (Å²) in [6, 6.07) is 15.5. The third kappa shape index (κ3) is 3.95. The van der Waals surface area contributed by atoms with Gasteiger partial charge in [0.05, 0.1) is 0 Å². The van der Waals surface area contributed by atoms with E-state index in [1.807, 2.05) is 0 Å². The van der Waals surface area contributed by atoms with Crippen LogP contribution in [0.15, 0.2) is 46.9 Å². The second kappa shape index (κ2) is 7.42. The second-order valence-corrected chi connectivity index (χ2v) is 7.06. The lowest BCUT2D eigenvalue weighted by atomic mass is 9.95. The van der Waals surface area contributed by atoms with Crippen molar-refractivity contribution in [2.24, 2.45) is 0 Å². The van der Waals surface area contributed by atoms with Crippen LogP contribution in [0.3, 0.4) is 0 Å². The summed E-state index contributed by atoms with van der Waals surface area (Å²) in [5.74, 6) is 0. The van der Waals surface area contributed by atoms with Crippen molar-refractivity contribution in [1.29, 1.82) is 0 Å². The Labute approximate surface area is 138 Å². The zero-order valence-corrected chi connectivity index (χ0v) is 15.2. The minimum absolute atomic E-state index is 0.380. The lowest BCUT2D eigenvalue weighted by molar-refractivity contribution is 0.914. The van der Waals surface area contributed by atoms with Gasteiger partial charge in [-0.05, 0) is 53.6 Å². The Hall–Kier alpha value is -0.600. The van der Waals surface area contributed by atoms with Crippen LogP contribution in [-0.4, -0.2) is 0 Å². The van der Waals surface area contributed by atoms with Gasteiger partial charge >= 0.3 is 0 Å². The molecule has 0 bridgehead atoms. The number of rotatable bonds is 5. The molecule has 2 aromatic carbocycles. The average Bonchev–Trinajstić information content (AvgIpc) is 2.48. The fraction of sp³-hybridized carbons (Fsp3) is 0.333. The molecule has 2 rings (SSSR count). The minimum atomic E-state index is 0.380. The third-order valence-electron chi connectivity index (χ3n) is 3.67. The number of hydrogen-bond donors (Lipinski definition) is 0. The molecule has 0 saturated heterocycles. The first-order valence-electron chi connectivity index (χ1n) is 7.14. The lowest BCUT2D eigenvalue weighted by Gasteiger charge is -2.16. The van der Waals surface area contributed by atoms with E-state index in [0.29, 0.717) is 4.83 Å². The molecule has 0 spiro atoms. The highest BCUT2D eigenvalue weighted by atomic mass is 79.9. The van der Waals surface area contributed by atoms with Crippen molar-refractivity contribution in [3.63, 3.8) is 0 Å². The second-order valence-electron chi connectivity index (χ2n) is 5.04. The molecule has 0 N–H and O–H groups in total. The topological polar surface area (TPSA) is 0 Å². The first kappa shape index (κ1) is 15.8. The smallest absolute Gasteiger partial charge is 0.0438 e. The Bertz CT molecular complexity index is 558. The van der Waals surface area contributed by atoms with Gasteiger partial charge in [-0.25, -0.2) is 0 Å². The Balaban J connectivity index is 2.23. The molecule has 2 heteroatoms. The first-order valence-corrected chi connectivity index (χ1v) is 8.85. The van der Waals surface area contributed by atoms with E-state index in [2.05, 4.69) is 88.2 Å². The summed E-state index contributed by atoms with van der Waals surface area (Å²) in [6.45, 7) is 4.44. The van der Waals surface area contributed by atoms with Crippen LogP contribution in [0.25, 0.3) is 0 Å². The first-order chi connectivity index (χ1) is 9.63. The minimum Gasteiger partial charge on any atom is -0.0835 e. The SMILES string of the molecule is CCc1ccc(CC)c(C(Br)Cc2ccc(Br)cc2)c1. The number of alkyl halides is 1. The standard InChI is InChI=1S/C18H20Br2/c1-3-13-5-8-15(4-2)17(11-13)18(20)12-14-6-9-16(19)10-7-14/h5-11,18H,3-4,12H2,1-2H3. The largest absolute Gasteiger partial charge is 0.0835 e. The van der Waals surface area contributed by atoms with Gasteiger partial charge in [0, 0.05) is 9.30 Å². The molecule has 0 amide bonds. The van der Waals surface area contributed by atoms with Crippen molar-refractivity contribution >= 4 is 31.9 Å². The van der Waals surface area contributed by atoms with Crippen LogP contribution >= 0.6 is 31.9 Å². The average molecular weight is 396 g/mol. The molecule has 0 aliphatic heterocycles. The van der Waals surface area contributed by atoms with Crippen molar-refractivity contribution < 1.29 is 0 Å². The molecule has 20 heavy (non-hydrogen) atoms. The summed E-state index contributed by atoms with van der Waals surface area (Å²) in [7, 11) is 0. The van der Waals surface area contributed by atoms with Crippen molar-refractivity contribution in [1.82, 2.24) is 0 Å². The zero-order valence-electron chi connectivity index (χ0n) is 12.0. The van der Waals surface area contributed by atoms with Gasteiger partial charge in [-0.15, -0.1) is 0 Å². The zero-order chi connectivity index (χ0) is 14.5. The molecule has 0 nitrogen and oxygen atoms in total. The van der Waals surface area contributed by atoms with Crippen molar-refractivity contribution in [2.75, 3.05) is 0 Å². The van der Waals surface area contributed by atoms with E-state index in [1.165, 1.54) is 22.3 Å². The molecule has 106 valence electrons. The quantitative estimate of drug-likeness (QED) is 0.524. The summed E-state index contributed by atoms with van der Waals surface area (Å²) >= 11 is 7.37. The summed E-state index contributed by atoms with van der Waals surface area (Å²) in [5.41, 5.74) is 5.66. The molecule has 0 aromatic heterocycles. The van der Waals surface area contributed by atoms with Crippen LogP contribution in [0, 0.1) is 0 Å². The van der Waals surface area contributed by atoms with Crippen molar-refractivity contribution in [3.8, 4) is 0 Å². The summed E-state index contributed by atoms with van der Waals surface area (Å²) in [4.78, 5) is 0.380. The summed E-state index contributed by atoms with van der Waals surface area (Å²) in [5, 5.41) is 0. The molecule has 0 saturated carbocycles. The molecule has 2 aromatic rings. The third-order valence-corrected chi connectivity index (χ3v) is 5.01. The number of aryl methyl sites for hydroxylation is 2. The monoisotopic (exact) mass is 394 g/mol. The van der Waals surface area contributed by atoms with Crippen LogP contribution in [-0.2, 0) is 19.3 Å². The molecule has 0 radical (unpaired) electrons. The molecule has 1 unspecified atom stereocenters. The van der Waals surface area contributed by atoms with Gasteiger partial charge in [0.1, 0.15) is 0 Å². The van der Waals surface area contributed by atoms with Gasteiger partial charge in [-0.3, -0.25) is 0 Å². The van der Waals surface area contributed by atoms with E-state index < -0.39 is 0 Å². The predicted octanol–water partition coefficient (Wildman–Crippen LogP) is 6.25. The van der Waals surface area contributed by atoms with E-state index in [1.54, 1.807) is 0 Å². The molecule has 0 aliphatic rings. The van der Waals surface area contributed by atoms with E-state index >= 15 is 0 Å². The van der Waals surface area contributed by atoms with E-state index in [4.69, 9.17) is 0 Å². The van der Waals surface area contributed by atoms with Crippen LogP contribution in [0.2, 0.25) is 0 Å². The van der Waals surface area contributed by atoms with Crippen LogP contribution < -0.4 is 0 Å². The molecule has 0 heterocycles. The van der Waals surface area contributed by atoms with Crippen LogP contribution in [0.4, 0.5) is 0 Å². The lowest BCUT2D eigenvalue weighted by Crippen LogP contribution is -2.01. The van der Waals surface area contributed by atoms with Crippen molar-refractivity contribution in [3.05, 3.63) is 69.2 Å². The van der Waals surface area contributed by atoms with Crippen LogP contribution in [0.5, 0.6) is 0 Å². The molecule has 0 fully saturated rings. The van der Waals surface area contributed by atoms with Gasteiger partial charge in [0.25, 0.3) is 0 Å². The van der Waals surface area contributed by atoms with Gasteiger partial charge in [-0.2, -0.15) is 0 Å². The summed E-state index contributed by atoms with van der Waals surface area (Å²) < 4.78 is 1.13. The van der Waals surface area contributed by atoms with Gasteiger partial charge in [0.15, 0.2) is 0 Å². The Kier molecular flexibility index (Phi) is 5.86. The normalized spacial score (nSPS) is 12.4.